The van der Waals surface area contributed by atoms with Crippen molar-refractivity contribution in [1.29, 1.82) is 0 Å². The SMILES string of the molecule is CC1=CCC(c2ncc[nH]2)C=C1Nc1nc(N[C@@H]2CCNC2)nc(N(C)CC(C)(C)C)n1. The standard InChI is InChI=1S/C23H35N9/c1-15-6-7-16(19-25-10-11-26-19)12-18(15)28-21-29-20(27-17-8-9-24-13-17)30-22(31-21)32(5)14-23(2,3)4/h6,10-12,16-17,24H,7-9,13-14H2,1-5H3,(H,25,26)(H2,27,28,29,30,31)/t16?,17-/m1/s1. The molecule has 9 nitrogen and oxygen atoms in total. The number of imidazole rings is 1. The van der Waals surface area contributed by atoms with Crippen LogP contribution in [0.3, 0.4) is 0 Å². The molecule has 3 heterocycles. The second kappa shape index (κ2) is 9.28. The predicted molar refractivity (Wildman–Crippen MR) is 129 cm³/mol. The van der Waals surface area contributed by atoms with Crippen LogP contribution in [0.5, 0.6) is 0 Å². The van der Waals surface area contributed by atoms with E-state index in [9.17, 15) is 0 Å². The van der Waals surface area contributed by atoms with Crippen molar-refractivity contribution in [3.63, 3.8) is 0 Å². The third-order valence-electron chi connectivity index (χ3n) is 5.66. The minimum atomic E-state index is 0.124. The Morgan fingerprint density at radius 2 is 2.00 bits per heavy atom. The molecule has 1 fully saturated rings. The highest BCUT2D eigenvalue weighted by Gasteiger charge is 2.22. The fourth-order valence-electron chi connectivity index (χ4n) is 4.14. The van der Waals surface area contributed by atoms with E-state index in [2.05, 4.69) is 70.7 Å². The topological polar surface area (TPSA) is 107 Å². The van der Waals surface area contributed by atoms with Gasteiger partial charge in [0.15, 0.2) is 0 Å². The lowest BCUT2D eigenvalue weighted by molar-refractivity contribution is 0.416. The number of rotatable bonds is 7. The van der Waals surface area contributed by atoms with Gasteiger partial charge in [-0.15, -0.1) is 0 Å². The average molecular weight is 438 g/mol. The smallest absolute Gasteiger partial charge is 0.233 e. The highest BCUT2D eigenvalue weighted by molar-refractivity contribution is 5.51. The van der Waals surface area contributed by atoms with Crippen molar-refractivity contribution in [3.05, 3.63) is 41.6 Å². The molecule has 1 unspecified atom stereocenters. The second-order valence-corrected chi connectivity index (χ2v) is 9.94. The maximum absolute atomic E-state index is 4.75. The molecule has 0 radical (unpaired) electrons. The lowest BCUT2D eigenvalue weighted by Crippen LogP contribution is -2.31. The molecule has 1 aliphatic heterocycles. The zero-order valence-electron chi connectivity index (χ0n) is 19.7. The van der Waals surface area contributed by atoms with Crippen LogP contribution >= 0.6 is 0 Å². The molecule has 2 aromatic heterocycles. The van der Waals surface area contributed by atoms with Crippen LogP contribution in [0.2, 0.25) is 0 Å². The summed E-state index contributed by atoms with van der Waals surface area (Å²) in [4.78, 5) is 23.9. The quantitative estimate of drug-likeness (QED) is 0.523. The molecule has 2 atom stereocenters. The number of anilines is 3. The Morgan fingerprint density at radius 3 is 2.69 bits per heavy atom. The molecular weight excluding hydrogens is 402 g/mol. The van der Waals surface area contributed by atoms with Crippen molar-refractivity contribution in [2.24, 2.45) is 5.41 Å². The molecule has 172 valence electrons. The van der Waals surface area contributed by atoms with Gasteiger partial charge in [-0.3, -0.25) is 0 Å². The number of H-pyrrole nitrogens is 1. The first-order valence-corrected chi connectivity index (χ1v) is 11.4. The molecule has 32 heavy (non-hydrogen) atoms. The third kappa shape index (κ3) is 5.64. The van der Waals surface area contributed by atoms with Crippen molar-refractivity contribution < 1.29 is 0 Å². The van der Waals surface area contributed by atoms with Crippen LogP contribution in [0.15, 0.2) is 35.8 Å². The predicted octanol–water partition coefficient (Wildman–Crippen LogP) is 3.28. The van der Waals surface area contributed by atoms with Gasteiger partial charge >= 0.3 is 0 Å². The fraction of sp³-hybridized carbons (Fsp3) is 0.565. The van der Waals surface area contributed by atoms with Crippen molar-refractivity contribution >= 4 is 17.8 Å². The average Bonchev–Trinajstić information content (AvgIpc) is 3.42. The molecule has 4 rings (SSSR count). The number of nitrogens with one attached hydrogen (secondary N) is 4. The van der Waals surface area contributed by atoms with Crippen molar-refractivity contribution in [2.45, 2.75) is 52.5 Å². The van der Waals surface area contributed by atoms with Crippen molar-refractivity contribution in [2.75, 3.05) is 42.2 Å². The maximum atomic E-state index is 4.75. The molecule has 0 bridgehead atoms. The van der Waals surface area contributed by atoms with E-state index in [-0.39, 0.29) is 11.3 Å². The summed E-state index contributed by atoms with van der Waals surface area (Å²) in [6, 6.07) is 0.324. The summed E-state index contributed by atoms with van der Waals surface area (Å²) < 4.78 is 0. The number of aromatic nitrogens is 5. The Kier molecular flexibility index (Phi) is 6.45. The van der Waals surface area contributed by atoms with Crippen LogP contribution in [0, 0.1) is 5.41 Å². The maximum Gasteiger partial charge on any atom is 0.233 e. The monoisotopic (exact) mass is 437 g/mol. The Labute approximate surface area is 190 Å². The molecule has 2 aromatic rings. The first-order valence-electron chi connectivity index (χ1n) is 11.4. The van der Waals surface area contributed by atoms with Gasteiger partial charge in [-0.1, -0.05) is 26.8 Å². The minimum Gasteiger partial charge on any atom is -0.350 e. The normalized spacial score (nSPS) is 21.2. The van der Waals surface area contributed by atoms with E-state index < -0.39 is 0 Å². The fourth-order valence-corrected chi connectivity index (χ4v) is 4.14. The Balaban J connectivity index is 1.60. The van der Waals surface area contributed by atoms with E-state index in [1.54, 1.807) is 6.20 Å². The summed E-state index contributed by atoms with van der Waals surface area (Å²) in [6.45, 7) is 11.5. The number of hydrogen-bond acceptors (Lipinski definition) is 8. The molecule has 0 amide bonds. The zero-order chi connectivity index (χ0) is 22.7. The summed E-state index contributed by atoms with van der Waals surface area (Å²) in [6.07, 6.45) is 10.1. The van der Waals surface area contributed by atoms with E-state index in [0.29, 0.717) is 23.9 Å². The van der Waals surface area contributed by atoms with E-state index in [1.807, 2.05) is 13.2 Å². The lowest BCUT2D eigenvalue weighted by Gasteiger charge is -2.27. The molecule has 1 saturated heterocycles. The highest BCUT2D eigenvalue weighted by Crippen LogP contribution is 2.29. The van der Waals surface area contributed by atoms with Crippen LogP contribution in [-0.4, -0.2) is 57.6 Å². The van der Waals surface area contributed by atoms with E-state index in [0.717, 1.165) is 44.0 Å². The Hall–Kier alpha value is -2.94. The molecule has 0 saturated carbocycles. The van der Waals surface area contributed by atoms with Crippen molar-refractivity contribution in [1.82, 2.24) is 30.2 Å². The highest BCUT2D eigenvalue weighted by atomic mass is 15.3. The molecule has 0 aromatic carbocycles. The Morgan fingerprint density at radius 1 is 1.19 bits per heavy atom. The lowest BCUT2D eigenvalue weighted by atomic mass is 9.94. The number of allylic oxidation sites excluding steroid dienone is 3. The van der Waals surface area contributed by atoms with E-state index >= 15 is 0 Å². The molecule has 4 N–H and O–H groups in total. The molecule has 9 heteroatoms. The van der Waals surface area contributed by atoms with Gasteiger partial charge in [0.2, 0.25) is 17.8 Å². The largest absolute Gasteiger partial charge is 0.350 e. The summed E-state index contributed by atoms with van der Waals surface area (Å²) in [5.41, 5.74) is 2.30. The third-order valence-corrected chi connectivity index (χ3v) is 5.66. The van der Waals surface area contributed by atoms with Gasteiger partial charge in [0.25, 0.3) is 0 Å². The van der Waals surface area contributed by atoms with Crippen LogP contribution in [0.4, 0.5) is 17.8 Å². The van der Waals surface area contributed by atoms with Gasteiger partial charge in [0.1, 0.15) is 5.82 Å². The molecule has 1 aliphatic carbocycles. The van der Waals surface area contributed by atoms with E-state index in [1.165, 1.54) is 5.57 Å². The van der Waals surface area contributed by atoms with Gasteiger partial charge in [-0.25, -0.2) is 4.98 Å². The summed E-state index contributed by atoms with van der Waals surface area (Å²) in [5.74, 6) is 2.97. The summed E-state index contributed by atoms with van der Waals surface area (Å²) >= 11 is 0. The first-order chi connectivity index (χ1) is 15.3. The van der Waals surface area contributed by atoms with Crippen LogP contribution in [0.1, 0.15) is 52.3 Å². The second-order valence-electron chi connectivity index (χ2n) is 9.94. The number of nitrogens with zero attached hydrogens (tertiary/aromatic N) is 5. The van der Waals surface area contributed by atoms with Gasteiger partial charge in [-0.2, -0.15) is 15.0 Å². The van der Waals surface area contributed by atoms with Gasteiger partial charge < -0.3 is 25.8 Å². The van der Waals surface area contributed by atoms with Gasteiger partial charge in [0, 0.05) is 50.2 Å². The van der Waals surface area contributed by atoms with Crippen LogP contribution < -0.4 is 20.9 Å². The summed E-state index contributed by atoms with van der Waals surface area (Å²) in [7, 11) is 2.03. The van der Waals surface area contributed by atoms with Gasteiger partial charge in [0.05, 0.1) is 0 Å². The van der Waals surface area contributed by atoms with Crippen molar-refractivity contribution in [3.8, 4) is 0 Å². The minimum absolute atomic E-state index is 0.124. The molecule has 2 aliphatic rings. The van der Waals surface area contributed by atoms with E-state index in [4.69, 9.17) is 15.0 Å². The van der Waals surface area contributed by atoms with Crippen LogP contribution in [-0.2, 0) is 0 Å². The molecular formula is C23H35N9. The zero-order valence-corrected chi connectivity index (χ0v) is 19.7. The van der Waals surface area contributed by atoms with Gasteiger partial charge in [-0.05, 0) is 43.4 Å². The summed E-state index contributed by atoms with van der Waals surface area (Å²) in [5, 5.41) is 10.3. The first kappa shape index (κ1) is 22.3. The molecule has 0 spiro atoms. The number of aromatic amines is 1. The van der Waals surface area contributed by atoms with Crippen LogP contribution in [0.25, 0.3) is 0 Å². The Bertz CT molecular complexity index is 966. The number of hydrogen-bond donors (Lipinski definition) is 4.